The first-order chi connectivity index (χ1) is 15.3. The minimum atomic E-state index is -4.65. The zero-order valence-corrected chi connectivity index (χ0v) is 18.3. The Bertz CT molecular complexity index is 989. The fourth-order valence-electron chi connectivity index (χ4n) is 2.55. The molecule has 0 spiro atoms. The number of hydrogen-bond acceptors (Lipinski definition) is 4. The molecule has 33 heavy (non-hydrogen) atoms. The number of nitrogens with one attached hydrogen (secondary N) is 4. The number of carbonyl (C=O) groups excluding carboxylic acids is 3. The van der Waals surface area contributed by atoms with E-state index in [1.807, 2.05) is 0 Å². The molecule has 0 bridgehead atoms. The number of alkyl halides is 3. The van der Waals surface area contributed by atoms with Crippen molar-refractivity contribution in [3.05, 3.63) is 54.1 Å². The Kier molecular flexibility index (Phi) is 8.27. The van der Waals surface area contributed by atoms with Crippen molar-refractivity contribution in [1.29, 1.82) is 0 Å². The van der Waals surface area contributed by atoms with E-state index < -0.39 is 35.4 Å². The summed E-state index contributed by atoms with van der Waals surface area (Å²) in [4.78, 5) is 36.2. The Morgan fingerprint density at radius 1 is 0.879 bits per heavy atom. The molecule has 2 aromatic rings. The molecule has 11 heteroatoms. The number of benzene rings is 2. The van der Waals surface area contributed by atoms with Crippen LogP contribution in [-0.2, 0) is 15.7 Å². The molecule has 0 fully saturated rings. The molecule has 0 atom stereocenters. The van der Waals surface area contributed by atoms with Gasteiger partial charge >= 0.3 is 18.3 Å². The van der Waals surface area contributed by atoms with Crippen molar-refractivity contribution in [2.75, 3.05) is 22.5 Å². The molecular weight excluding hydrogens is 441 g/mol. The molecule has 0 saturated carbocycles. The number of anilines is 3. The minimum absolute atomic E-state index is 0.0691. The van der Waals surface area contributed by atoms with Gasteiger partial charge in [-0.25, -0.2) is 9.59 Å². The quantitative estimate of drug-likeness (QED) is 0.469. The SMILES string of the molecule is CC(C)(C)OC(=O)Nc1ccc(C(F)(F)F)cc1NC(=O)CCNC(=O)Nc1ccccc1. The summed E-state index contributed by atoms with van der Waals surface area (Å²) >= 11 is 0. The van der Waals surface area contributed by atoms with Crippen molar-refractivity contribution in [3.63, 3.8) is 0 Å². The Morgan fingerprint density at radius 2 is 1.55 bits per heavy atom. The maximum Gasteiger partial charge on any atom is 0.416 e. The average Bonchev–Trinajstić information content (AvgIpc) is 2.67. The minimum Gasteiger partial charge on any atom is -0.444 e. The van der Waals surface area contributed by atoms with Crippen LogP contribution >= 0.6 is 0 Å². The molecule has 0 unspecified atom stereocenters. The van der Waals surface area contributed by atoms with E-state index in [9.17, 15) is 27.6 Å². The number of para-hydroxylation sites is 1. The van der Waals surface area contributed by atoms with Crippen molar-refractivity contribution >= 4 is 35.1 Å². The van der Waals surface area contributed by atoms with Gasteiger partial charge in [-0.15, -0.1) is 0 Å². The highest BCUT2D eigenvalue weighted by Gasteiger charge is 2.31. The van der Waals surface area contributed by atoms with Gasteiger partial charge in [0.05, 0.1) is 16.9 Å². The molecule has 2 aromatic carbocycles. The molecule has 4 N–H and O–H groups in total. The van der Waals surface area contributed by atoms with Gasteiger partial charge in [0.15, 0.2) is 0 Å². The highest BCUT2D eigenvalue weighted by molar-refractivity contribution is 5.98. The second kappa shape index (κ2) is 10.7. The van der Waals surface area contributed by atoms with E-state index in [4.69, 9.17) is 4.74 Å². The Labute approximate surface area is 188 Å². The van der Waals surface area contributed by atoms with Gasteiger partial charge in [0.2, 0.25) is 5.91 Å². The largest absolute Gasteiger partial charge is 0.444 e. The number of carbonyl (C=O) groups is 3. The van der Waals surface area contributed by atoms with Gasteiger partial charge in [0, 0.05) is 18.7 Å². The van der Waals surface area contributed by atoms with Crippen LogP contribution < -0.4 is 21.3 Å². The van der Waals surface area contributed by atoms with E-state index in [1.54, 1.807) is 51.1 Å². The van der Waals surface area contributed by atoms with E-state index in [2.05, 4.69) is 21.3 Å². The van der Waals surface area contributed by atoms with Gasteiger partial charge in [0.1, 0.15) is 5.60 Å². The molecular formula is C22H25F3N4O4. The van der Waals surface area contributed by atoms with E-state index in [1.165, 1.54) is 0 Å². The summed E-state index contributed by atoms with van der Waals surface area (Å²) in [5.41, 5.74) is -1.60. The summed E-state index contributed by atoms with van der Waals surface area (Å²) in [6.45, 7) is 4.81. The smallest absolute Gasteiger partial charge is 0.416 e. The lowest BCUT2D eigenvalue weighted by molar-refractivity contribution is -0.137. The predicted molar refractivity (Wildman–Crippen MR) is 118 cm³/mol. The molecule has 4 amide bonds. The number of amides is 4. The van der Waals surface area contributed by atoms with Crippen molar-refractivity contribution in [2.45, 2.75) is 39.0 Å². The van der Waals surface area contributed by atoms with Crippen molar-refractivity contribution < 1.29 is 32.3 Å². The summed E-state index contributed by atoms with van der Waals surface area (Å²) in [7, 11) is 0. The number of halogens is 3. The molecule has 0 aliphatic carbocycles. The summed E-state index contributed by atoms with van der Waals surface area (Å²) in [5.74, 6) is -0.665. The van der Waals surface area contributed by atoms with Crippen LogP contribution in [0.2, 0.25) is 0 Å². The lowest BCUT2D eigenvalue weighted by Gasteiger charge is -2.21. The molecule has 0 saturated heterocycles. The number of ether oxygens (including phenoxy) is 1. The number of hydrogen-bond donors (Lipinski definition) is 4. The van der Waals surface area contributed by atoms with Crippen LogP contribution in [0, 0.1) is 0 Å². The summed E-state index contributed by atoms with van der Waals surface area (Å²) in [5, 5.41) is 9.71. The lowest BCUT2D eigenvalue weighted by atomic mass is 10.1. The maximum atomic E-state index is 13.1. The van der Waals surface area contributed by atoms with Crippen molar-refractivity contribution in [3.8, 4) is 0 Å². The zero-order chi connectivity index (χ0) is 24.6. The third-order valence-electron chi connectivity index (χ3n) is 3.93. The highest BCUT2D eigenvalue weighted by atomic mass is 19.4. The first-order valence-electron chi connectivity index (χ1n) is 9.94. The van der Waals surface area contributed by atoms with Gasteiger partial charge in [-0.1, -0.05) is 18.2 Å². The van der Waals surface area contributed by atoms with Gasteiger partial charge in [0.25, 0.3) is 0 Å². The Hall–Kier alpha value is -3.76. The molecule has 8 nitrogen and oxygen atoms in total. The van der Waals surface area contributed by atoms with E-state index in [-0.39, 0.29) is 24.3 Å². The third-order valence-corrected chi connectivity index (χ3v) is 3.93. The van der Waals surface area contributed by atoms with Gasteiger partial charge in [-0.05, 0) is 51.1 Å². The highest BCUT2D eigenvalue weighted by Crippen LogP contribution is 2.34. The fraction of sp³-hybridized carbons (Fsp3) is 0.318. The van der Waals surface area contributed by atoms with Crippen LogP contribution in [0.25, 0.3) is 0 Å². The standard InChI is InChI=1S/C22H25F3N4O4/c1-21(2,3)33-20(32)29-16-10-9-14(22(23,24)25)13-17(16)28-18(30)11-12-26-19(31)27-15-7-5-4-6-8-15/h4-10,13H,11-12H2,1-3H3,(H,28,30)(H,29,32)(H2,26,27,31). The second-order valence-electron chi connectivity index (χ2n) is 7.93. The second-order valence-corrected chi connectivity index (χ2v) is 7.93. The third kappa shape index (κ3) is 9.09. The topological polar surface area (TPSA) is 109 Å². The Morgan fingerprint density at radius 3 is 2.15 bits per heavy atom. The molecule has 0 aromatic heterocycles. The molecule has 0 aliphatic rings. The van der Waals surface area contributed by atoms with Crippen LogP contribution in [-0.4, -0.2) is 30.2 Å². The van der Waals surface area contributed by atoms with Crippen LogP contribution in [0.4, 0.5) is 39.8 Å². The normalized spacial score (nSPS) is 11.3. The van der Waals surface area contributed by atoms with E-state index in [0.717, 1.165) is 12.1 Å². The molecule has 0 aliphatic heterocycles. The van der Waals surface area contributed by atoms with E-state index >= 15 is 0 Å². The summed E-state index contributed by atoms with van der Waals surface area (Å²) < 4.78 is 44.4. The monoisotopic (exact) mass is 466 g/mol. The predicted octanol–water partition coefficient (Wildman–Crippen LogP) is 5.20. The van der Waals surface area contributed by atoms with Crippen LogP contribution in [0.1, 0.15) is 32.8 Å². The Balaban J connectivity index is 2.01. The van der Waals surface area contributed by atoms with Crippen LogP contribution in [0.3, 0.4) is 0 Å². The van der Waals surface area contributed by atoms with E-state index in [0.29, 0.717) is 11.8 Å². The first-order valence-corrected chi connectivity index (χ1v) is 9.94. The molecule has 2 rings (SSSR count). The summed E-state index contributed by atoms with van der Waals surface area (Å²) in [6, 6.07) is 10.6. The maximum absolute atomic E-state index is 13.1. The molecule has 0 heterocycles. The molecule has 0 radical (unpaired) electrons. The number of urea groups is 1. The van der Waals surface area contributed by atoms with Crippen molar-refractivity contribution in [1.82, 2.24) is 5.32 Å². The first kappa shape index (κ1) is 25.5. The van der Waals surface area contributed by atoms with Gasteiger partial charge in [-0.2, -0.15) is 13.2 Å². The lowest BCUT2D eigenvalue weighted by Crippen LogP contribution is -2.31. The van der Waals surface area contributed by atoms with Crippen LogP contribution in [0.15, 0.2) is 48.5 Å². The van der Waals surface area contributed by atoms with Gasteiger partial charge in [-0.3, -0.25) is 10.1 Å². The zero-order valence-electron chi connectivity index (χ0n) is 18.3. The average molecular weight is 466 g/mol. The summed E-state index contributed by atoms with van der Waals surface area (Å²) in [6.07, 6.45) is -5.76. The number of rotatable bonds is 6. The molecule has 178 valence electrons. The fourth-order valence-corrected chi connectivity index (χ4v) is 2.55. The van der Waals surface area contributed by atoms with Crippen LogP contribution in [0.5, 0.6) is 0 Å². The van der Waals surface area contributed by atoms with Gasteiger partial charge < -0.3 is 20.7 Å². The van der Waals surface area contributed by atoms with Crippen molar-refractivity contribution in [2.24, 2.45) is 0 Å².